The number of hydrogen-bond donors (Lipinski definition) is 1. The van der Waals surface area contributed by atoms with Crippen LogP contribution in [-0.4, -0.2) is 41.4 Å². The van der Waals surface area contributed by atoms with Gasteiger partial charge in [0, 0.05) is 31.7 Å². The number of nitrogens with one attached hydrogen (secondary N) is 1. The van der Waals surface area contributed by atoms with Gasteiger partial charge < -0.3 is 15.1 Å². The van der Waals surface area contributed by atoms with Crippen molar-refractivity contribution >= 4 is 29.0 Å². The number of hydrogen-bond acceptors (Lipinski definition) is 5. The second-order valence-electron chi connectivity index (χ2n) is 8.16. The van der Waals surface area contributed by atoms with Gasteiger partial charge >= 0.3 is 0 Å². The first kappa shape index (κ1) is 18.1. The molecular formula is C22H25N5O2. The van der Waals surface area contributed by atoms with Crippen molar-refractivity contribution in [1.82, 2.24) is 9.97 Å². The van der Waals surface area contributed by atoms with E-state index in [1.54, 1.807) is 11.1 Å². The minimum atomic E-state index is -0.373. The Morgan fingerprint density at radius 2 is 1.93 bits per heavy atom. The van der Waals surface area contributed by atoms with E-state index in [0.717, 1.165) is 50.3 Å². The van der Waals surface area contributed by atoms with Gasteiger partial charge in [0.15, 0.2) is 5.82 Å². The Morgan fingerprint density at radius 1 is 1.10 bits per heavy atom. The standard InChI is InChI=1S/C22H25N5O2/c28-20-11-17(13-27(20)18-7-6-15-4-3-5-16(15)10-18)22(29)25-19-12-23-14-24-21(19)26-8-1-2-9-26/h6-7,10,12,14,17H,1-5,8-9,11,13H2,(H,25,29). The van der Waals surface area contributed by atoms with Gasteiger partial charge in [-0.1, -0.05) is 6.07 Å². The minimum Gasteiger partial charge on any atom is -0.355 e. The van der Waals surface area contributed by atoms with Crippen molar-refractivity contribution in [2.45, 2.75) is 38.5 Å². The number of rotatable bonds is 4. The molecule has 0 radical (unpaired) electrons. The van der Waals surface area contributed by atoms with Crippen LogP contribution in [0, 0.1) is 5.92 Å². The number of carbonyl (C=O) groups is 2. The summed E-state index contributed by atoms with van der Waals surface area (Å²) in [5.41, 5.74) is 4.25. The molecule has 1 aromatic carbocycles. The second kappa shape index (κ2) is 7.46. The van der Waals surface area contributed by atoms with E-state index in [1.165, 1.54) is 23.9 Å². The molecule has 3 heterocycles. The van der Waals surface area contributed by atoms with Gasteiger partial charge in [-0.25, -0.2) is 9.97 Å². The van der Waals surface area contributed by atoms with E-state index >= 15 is 0 Å². The van der Waals surface area contributed by atoms with Gasteiger partial charge in [-0.15, -0.1) is 0 Å². The molecule has 2 aromatic rings. The first-order valence-electron chi connectivity index (χ1n) is 10.5. The molecule has 1 N–H and O–H groups in total. The topological polar surface area (TPSA) is 78.4 Å². The Labute approximate surface area is 170 Å². The largest absolute Gasteiger partial charge is 0.355 e. The normalized spacial score (nSPS) is 21.0. The van der Waals surface area contributed by atoms with Crippen LogP contribution in [0.4, 0.5) is 17.2 Å². The van der Waals surface area contributed by atoms with Crippen LogP contribution in [0.1, 0.15) is 36.8 Å². The number of anilines is 3. The molecular weight excluding hydrogens is 366 g/mol. The fraction of sp³-hybridized carbons (Fsp3) is 0.455. The summed E-state index contributed by atoms with van der Waals surface area (Å²) in [6.45, 7) is 2.29. The van der Waals surface area contributed by atoms with Crippen molar-refractivity contribution < 1.29 is 9.59 Å². The first-order chi connectivity index (χ1) is 14.2. The molecule has 150 valence electrons. The fourth-order valence-electron chi connectivity index (χ4n) is 4.69. The van der Waals surface area contributed by atoms with Crippen molar-refractivity contribution in [3.63, 3.8) is 0 Å². The average Bonchev–Trinajstić information content (AvgIpc) is 3.48. The van der Waals surface area contributed by atoms with Crippen LogP contribution in [0.15, 0.2) is 30.7 Å². The Hall–Kier alpha value is -2.96. The van der Waals surface area contributed by atoms with E-state index in [1.807, 2.05) is 6.07 Å². The lowest BCUT2D eigenvalue weighted by Gasteiger charge is -2.20. The van der Waals surface area contributed by atoms with E-state index in [2.05, 4.69) is 32.3 Å². The van der Waals surface area contributed by atoms with Gasteiger partial charge in [0.25, 0.3) is 0 Å². The van der Waals surface area contributed by atoms with Crippen molar-refractivity contribution in [2.24, 2.45) is 5.92 Å². The maximum absolute atomic E-state index is 12.9. The third kappa shape index (κ3) is 3.45. The molecule has 2 aliphatic heterocycles. The second-order valence-corrected chi connectivity index (χ2v) is 8.16. The molecule has 3 aliphatic rings. The van der Waals surface area contributed by atoms with Crippen LogP contribution in [-0.2, 0) is 22.4 Å². The molecule has 2 saturated heterocycles. The van der Waals surface area contributed by atoms with Gasteiger partial charge in [-0.05, 0) is 55.4 Å². The Kier molecular flexibility index (Phi) is 4.66. The molecule has 0 saturated carbocycles. The number of amides is 2. The molecule has 7 heteroatoms. The highest BCUT2D eigenvalue weighted by molar-refractivity contribution is 6.04. The highest BCUT2D eigenvalue weighted by Crippen LogP contribution is 2.32. The lowest BCUT2D eigenvalue weighted by Crippen LogP contribution is -2.29. The molecule has 0 bridgehead atoms. The molecule has 2 fully saturated rings. The molecule has 1 aromatic heterocycles. The molecule has 29 heavy (non-hydrogen) atoms. The Bertz CT molecular complexity index is 954. The number of nitrogens with zero attached hydrogens (tertiary/aromatic N) is 4. The van der Waals surface area contributed by atoms with Gasteiger partial charge in [0.2, 0.25) is 11.8 Å². The predicted octanol–water partition coefficient (Wildman–Crippen LogP) is 2.56. The maximum Gasteiger partial charge on any atom is 0.229 e. The van der Waals surface area contributed by atoms with Crippen LogP contribution in [0.3, 0.4) is 0 Å². The average molecular weight is 391 g/mol. The van der Waals surface area contributed by atoms with E-state index < -0.39 is 0 Å². The van der Waals surface area contributed by atoms with Crippen molar-refractivity contribution in [2.75, 3.05) is 34.8 Å². The molecule has 0 spiro atoms. The van der Waals surface area contributed by atoms with Crippen LogP contribution in [0.25, 0.3) is 0 Å². The zero-order valence-electron chi connectivity index (χ0n) is 16.4. The highest BCUT2D eigenvalue weighted by atomic mass is 16.2. The highest BCUT2D eigenvalue weighted by Gasteiger charge is 2.36. The Balaban J connectivity index is 1.30. The molecule has 1 aliphatic carbocycles. The Morgan fingerprint density at radius 3 is 2.79 bits per heavy atom. The van der Waals surface area contributed by atoms with E-state index in [9.17, 15) is 9.59 Å². The number of benzene rings is 1. The van der Waals surface area contributed by atoms with Crippen LogP contribution in [0.5, 0.6) is 0 Å². The summed E-state index contributed by atoms with van der Waals surface area (Å²) in [4.78, 5) is 37.9. The van der Waals surface area contributed by atoms with Crippen molar-refractivity contribution in [3.8, 4) is 0 Å². The van der Waals surface area contributed by atoms with Gasteiger partial charge in [0.1, 0.15) is 12.0 Å². The van der Waals surface area contributed by atoms with Crippen LogP contribution in [0.2, 0.25) is 0 Å². The van der Waals surface area contributed by atoms with E-state index in [0.29, 0.717) is 12.2 Å². The predicted molar refractivity (Wildman–Crippen MR) is 111 cm³/mol. The van der Waals surface area contributed by atoms with E-state index in [-0.39, 0.29) is 24.2 Å². The van der Waals surface area contributed by atoms with Crippen LogP contribution < -0.4 is 15.1 Å². The number of aryl methyl sites for hydroxylation is 2. The molecule has 1 unspecified atom stereocenters. The van der Waals surface area contributed by atoms with Gasteiger partial charge in [-0.3, -0.25) is 9.59 Å². The van der Waals surface area contributed by atoms with E-state index in [4.69, 9.17) is 0 Å². The lowest BCUT2D eigenvalue weighted by atomic mass is 10.1. The quantitative estimate of drug-likeness (QED) is 0.867. The monoisotopic (exact) mass is 391 g/mol. The summed E-state index contributed by atoms with van der Waals surface area (Å²) < 4.78 is 0. The zero-order valence-corrected chi connectivity index (χ0v) is 16.4. The van der Waals surface area contributed by atoms with Gasteiger partial charge in [-0.2, -0.15) is 0 Å². The van der Waals surface area contributed by atoms with Gasteiger partial charge in [0.05, 0.1) is 12.1 Å². The number of carbonyl (C=O) groups excluding carboxylic acids is 2. The third-order valence-corrected chi connectivity index (χ3v) is 6.24. The molecule has 1 atom stereocenters. The number of aromatic nitrogens is 2. The lowest BCUT2D eigenvalue weighted by molar-refractivity contribution is -0.122. The first-order valence-corrected chi connectivity index (χ1v) is 10.5. The summed E-state index contributed by atoms with van der Waals surface area (Å²) in [7, 11) is 0. The summed E-state index contributed by atoms with van der Waals surface area (Å²) in [5.74, 6) is 0.262. The summed E-state index contributed by atoms with van der Waals surface area (Å²) in [6.07, 6.45) is 9.02. The molecule has 2 amide bonds. The van der Waals surface area contributed by atoms with Crippen molar-refractivity contribution in [1.29, 1.82) is 0 Å². The number of fused-ring (bicyclic) bond motifs is 1. The third-order valence-electron chi connectivity index (χ3n) is 6.24. The molecule has 5 rings (SSSR count). The fourth-order valence-corrected chi connectivity index (χ4v) is 4.69. The zero-order chi connectivity index (χ0) is 19.8. The molecule has 7 nitrogen and oxygen atoms in total. The smallest absolute Gasteiger partial charge is 0.229 e. The summed E-state index contributed by atoms with van der Waals surface area (Å²) in [6, 6.07) is 6.26. The minimum absolute atomic E-state index is 0.00664. The van der Waals surface area contributed by atoms with Crippen molar-refractivity contribution in [3.05, 3.63) is 41.9 Å². The van der Waals surface area contributed by atoms with Crippen LogP contribution >= 0.6 is 0 Å². The SMILES string of the molecule is O=C(Nc1cncnc1N1CCCC1)C1CC(=O)N(c2ccc3c(c2)CCC3)C1. The maximum atomic E-state index is 12.9. The summed E-state index contributed by atoms with van der Waals surface area (Å²) in [5, 5.41) is 2.98. The summed E-state index contributed by atoms with van der Waals surface area (Å²) >= 11 is 0.